The third kappa shape index (κ3) is 2.14. The normalized spacial score (nSPS) is 10.1. The van der Waals surface area contributed by atoms with Crippen LogP contribution in [0.5, 0.6) is 0 Å². The molecule has 0 atom stereocenters. The minimum absolute atomic E-state index is 0.246. The number of carbonyl (C=O) groups excluding carboxylic acids is 1. The fourth-order valence-corrected chi connectivity index (χ4v) is 1.38. The zero-order chi connectivity index (χ0) is 11.5. The summed E-state index contributed by atoms with van der Waals surface area (Å²) in [6.07, 6.45) is 3.09. The molecule has 0 aliphatic rings. The number of hydrogen-bond donors (Lipinski definition) is 3. The number of anilines is 2. The van der Waals surface area contributed by atoms with E-state index in [0.29, 0.717) is 17.1 Å². The van der Waals surface area contributed by atoms with Crippen molar-refractivity contribution in [2.24, 2.45) is 0 Å². The predicted molar refractivity (Wildman–Crippen MR) is 62.4 cm³/mol. The lowest BCUT2D eigenvalue weighted by atomic mass is 10.3. The molecule has 2 rings (SSSR count). The van der Waals surface area contributed by atoms with E-state index in [-0.39, 0.29) is 11.1 Å². The summed E-state index contributed by atoms with van der Waals surface area (Å²) in [5.41, 5.74) is 6.83. The number of H-pyrrole nitrogens is 1. The average molecular weight is 237 g/mol. The number of amides is 1. The summed E-state index contributed by atoms with van der Waals surface area (Å²) in [6.45, 7) is 0. The first-order valence-electron chi connectivity index (χ1n) is 4.52. The summed E-state index contributed by atoms with van der Waals surface area (Å²) in [4.78, 5) is 18.3. The highest BCUT2D eigenvalue weighted by molar-refractivity contribution is 6.32. The molecule has 16 heavy (non-hydrogen) atoms. The lowest BCUT2D eigenvalue weighted by molar-refractivity contribution is 0.102. The van der Waals surface area contributed by atoms with Gasteiger partial charge in [0.25, 0.3) is 5.91 Å². The summed E-state index contributed by atoms with van der Waals surface area (Å²) >= 11 is 5.80. The van der Waals surface area contributed by atoms with Crippen LogP contribution < -0.4 is 11.1 Å². The van der Waals surface area contributed by atoms with Gasteiger partial charge in [-0.05, 0) is 18.2 Å². The second-order valence-electron chi connectivity index (χ2n) is 3.14. The first kappa shape index (κ1) is 10.5. The number of pyridine rings is 1. The number of rotatable bonds is 2. The Kier molecular flexibility index (Phi) is 2.78. The van der Waals surface area contributed by atoms with Gasteiger partial charge in [-0.3, -0.25) is 4.79 Å². The largest absolute Gasteiger partial charge is 0.397 e. The average Bonchev–Trinajstić information content (AvgIpc) is 2.68. The zero-order valence-corrected chi connectivity index (χ0v) is 8.95. The van der Waals surface area contributed by atoms with Gasteiger partial charge < -0.3 is 16.0 Å². The van der Waals surface area contributed by atoms with Gasteiger partial charge in [0, 0.05) is 18.1 Å². The highest BCUT2D eigenvalue weighted by Gasteiger charge is 2.09. The third-order valence-electron chi connectivity index (χ3n) is 1.96. The molecule has 0 aliphatic carbocycles. The molecule has 1 amide bonds. The van der Waals surface area contributed by atoms with Crippen molar-refractivity contribution in [3.05, 3.63) is 41.4 Å². The van der Waals surface area contributed by atoms with Crippen molar-refractivity contribution in [1.29, 1.82) is 0 Å². The molecule has 2 aromatic rings. The molecule has 2 heterocycles. The Hall–Kier alpha value is -2.01. The molecule has 82 valence electrons. The van der Waals surface area contributed by atoms with Crippen LogP contribution >= 0.6 is 11.6 Å². The topological polar surface area (TPSA) is 83.8 Å². The third-order valence-corrected chi connectivity index (χ3v) is 2.26. The second-order valence-corrected chi connectivity index (χ2v) is 3.50. The Morgan fingerprint density at radius 3 is 3.00 bits per heavy atom. The van der Waals surface area contributed by atoms with Crippen LogP contribution in [0.2, 0.25) is 5.15 Å². The highest BCUT2D eigenvalue weighted by Crippen LogP contribution is 2.18. The van der Waals surface area contributed by atoms with E-state index in [4.69, 9.17) is 17.3 Å². The number of nitrogens with zero attached hydrogens (tertiary/aromatic N) is 1. The van der Waals surface area contributed by atoms with Gasteiger partial charge in [-0.25, -0.2) is 4.98 Å². The molecule has 0 aromatic carbocycles. The number of hydrogen-bond acceptors (Lipinski definition) is 3. The van der Waals surface area contributed by atoms with Gasteiger partial charge in [-0.15, -0.1) is 0 Å². The maximum atomic E-state index is 11.7. The lowest BCUT2D eigenvalue weighted by Crippen LogP contribution is -2.12. The molecule has 0 bridgehead atoms. The Bertz CT molecular complexity index is 523. The van der Waals surface area contributed by atoms with E-state index in [0.717, 1.165) is 0 Å². The first-order chi connectivity index (χ1) is 7.66. The van der Waals surface area contributed by atoms with Crippen molar-refractivity contribution in [2.45, 2.75) is 0 Å². The SMILES string of the molecule is Nc1c[nH]c(C(=O)Nc2cccnc2Cl)c1. The summed E-state index contributed by atoms with van der Waals surface area (Å²) in [5, 5.41) is 2.87. The molecule has 0 radical (unpaired) electrons. The molecular formula is C10H9ClN4O. The van der Waals surface area contributed by atoms with Gasteiger partial charge in [0.1, 0.15) is 5.69 Å². The maximum absolute atomic E-state index is 11.7. The van der Waals surface area contributed by atoms with Crippen LogP contribution in [0.4, 0.5) is 11.4 Å². The molecule has 6 heteroatoms. The summed E-state index contributed by atoms with van der Waals surface area (Å²) < 4.78 is 0. The molecule has 4 N–H and O–H groups in total. The second kappa shape index (κ2) is 4.24. The number of nitrogens with one attached hydrogen (secondary N) is 2. The van der Waals surface area contributed by atoms with Crippen molar-refractivity contribution in [3.63, 3.8) is 0 Å². The minimum atomic E-state index is -0.313. The molecule has 0 saturated carbocycles. The van der Waals surface area contributed by atoms with Crippen LogP contribution in [-0.4, -0.2) is 15.9 Å². The van der Waals surface area contributed by atoms with Crippen LogP contribution in [0, 0.1) is 0 Å². The van der Waals surface area contributed by atoms with Gasteiger partial charge in [-0.2, -0.15) is 0 Å². The molecular weight excluding hydrogens is 228 g/mol. The smallest absolute Gasteiger partial charge is 0.272 e. The van der Waals surface area contributed by atoms with Crippen LogP contribution in [0.3, 0.4) is 0 Å². The minimum Gasteiger partial charge on any atom is -0.397 e. The van der Waals surface area contributed by atoms with E-state index < -0.39 is 0 Å². The molecule has 2 aromatic heterocycles. The van der Waals surface area contributed by atoms with Crippen LogP contribution in [0.15, 0.2) is 30.6 Å². The molecule has 0 aliphatic heterocycles. The van der Waals surface area contributed by atoms with E-state index in [9.17, 15) is 4.79 Å². The molecule has 5 nitrogen and oxygen atoms in total. The molecule has 0 spiro atoms. The van der Waals surface area contributed by atoms with E-state index in [1.54, 1.807) is 30.6 Å². The van der Waals surface area contributed by atoms with Crippen molar-refractivity contribution in [3.8, 4) is 0 Å². The zero-order valence-electron chi connectivity index (χ0n) is 8.20. The Morgan fingerprint density at radius 2 is 2.38 bits per heavy atom. The summed E-state index contributed by atoms with van der Waals surface area (Å²) in [6, 6.07) is 4.89. The van der Waals surface area contributed by atoms with Crippen LogP contribution in [0.25, 0.3) is 0 Å². The number of aromatic nitrogens is 2. The van der Waals surface area contributed by atoms with Crippen LogP contribution in [0.1, 0.15) is 10.5 Å². The Labute approximate surface area is 96.6 Å². The number of aromatic amines is 1. The fraction of sp³-hybridized carbons (Fsp3) is 0. The number of halogens is 1. The molecule has 0 saturated heterocycles. The fourth-order valence-electron chi connectivity index (χ4n) is 1.21. The van der Waals surface area contributed by atoms with E-state index in [1.165, 1.54) is 0 Å². The van der Waals surface area contributed by atoms with E-state index >= 15 is 0 Å². The number of nitrogens with two attached hydrogens (primary N) is 1. The Balaban J connectivity index is 2.17. The van der Waals surface area contributed by atoms with Gasteiger partial charge in [0.2, 0.25) is 0 Å². The quantitative estimate of drug-likeness (QED) is 0.697. The summed E-state index contributed by atoms with van der Waals surface area (Å²) in [5.74, 6) is -0.313. The summed E-state index contributed by atoms with van der Waals surface area (Å²) in [7, 11) is 0. The highest BCUT2D eigenvalue weighted by atomic mass is 35.5. The Morgan fingerprint density at radius 1 is 1.56 bits per heavy atom. The lowest BCUT2D eigenvalue weighted by Gasteiger charge is -2.04. The maximum Gasteiger partial charge on any atom is 0.272 e. The van der Waals surface area contributed by atoms with Gasteiger partial charge in [0.05, 0.1) is 5.69 Å². The standard InChI is InChI=1S/C10H9ClN4O/c11-9-7(2-1-3-13-9)15-10(16)8-4-6(12)5-14-8/h1-5,14H,12H2,(H,15,16). The van der Waals surface area contributed by atoms with Crippen molar-refractivity contribution in [1.82, 2.24) is 9.97 Å². The van der Waals surface area contributed by atoms with Crippen molar-refractivity contribution < 1.29 is 4.79 Å². The number of carbonyl (C=O) groups is 1. The van der Waals surface area contributed by atoms with Crippen LogP contribution in [-0.2, 0) is 0 Å². The monoisotopic (exact) mass is 236 g/mol. The van der Waals surface area contributed by atoms with Gasteiger partial charge >= 0.3 is 0 Å². The number of nitrogen functional groups attached to an aromatic ring is 1. The predicted octanol–water partition coefficient (Wildman–Crippen LogP) is 1.90. The van der Waals surface area contributed by atoms with Gasteiger partial charge in [0.15, 0.2) is 5.15 Å². The van der Waals surface area contributed by atoms with Crippen molar-refractivity contribution >= 4 is 28.9 Å². The first-order valence-corrected chi connectivity index (χ1v) is 4.90. The van der Waals surface area contributed by atoms with Crippen molar-refractivity contribution in [2.75, 3.05) is 11.1 Å². The van der Waals surface area contributed by atoms with Gasteiger partial charge in [-0.1, -0.05) is 11.6 Å². The molecule has 0 fully saturated rings. The van der Waals surface area contributed by atoms with E-state index in [2.05, 4.69) is 15.3 Å². The van der Waals surface area contributed by atoms with E-state index in [1.807, 2.05) is 0 Å². The molecule has 0 unspecified atom stereocenters.